The molecular weight excluding hydrogens is 236 g/mol. The Morgan fingerprint density at radius 2 is 1.68 bits per heavy atom. The summed E-state index contributed by atoms with van der Waals surface area (Å²) in [5, 5.41) is 3.14. The van der Waals surface area contributed by atoms with Crippen molar-refractivity contribution >= 4 is 5.91 Å². The first-order chi connectivity index (χ1) is 9.01. The van der Waals surface area contributed by atoms with Gasteiger partial charge < -0.3 is 11.1 Å². The van der Waals surface area contributed by atoms with Gasteiger partial charge >= 0.3 is 0 Å². The van der Waals surface area contributed by atoms with E-state index < -0.39 is 0 Å². The van der Waals surface area contributed by atoms with Gasteiger partial charge in [-0.25, -0.2) is 0 Å². The number of nitrogens with one attached hydrogen (secondary N) is 1. The second-order valence-electron chi connectivity index (χ2n) is 6.77. The van der Waals surface area contributed by atoms with E-state index in [1.54, 1.807) is 0 Å². The second-order valence-corrected chi connectivity index (χ2v) is 6.77. The molecule has 3 N–H and O–H groups in total. The van der Waals surface area contributed by atoms with Crippen LogP contribution in [-0.2, 0) is 4.79 Å². The topological polar surface area (TPSA) is 55.1 Å². The van der Waals surface area contributed by atoms with E-state index in [0.717, 1.165) is 13.0 Å². The third-order valence-electron chi connectivity index (χ3n) is 4.36. The highest BCUT2D eigenvalue weighted by atomic mass is 16.1. The Morgan fingerprint density at radius 3 is 2.21 bits per heavy atom. The molecule has 1 aliphatic carbocycles. The molecule has 0 bridgehead atoms. The van der Waals surface area contributed by atoms with Gasteiger partial charge in [0.15, 0.2) is 0 Å². The highest BCUT2D eigenvalue weighted by molar-refractivity contribution is 5.76. The smallest absolute Gasteiger partial charge is 0.220 e. The molecule has 0 aliphatic heterocycles. The van der Waals surface area contributed by atoms with E-state index in [4.69, 9.17) is 5.73 Å². The molecule has 1 saturated carbocycles. The van der Waals surface area contributed by atoms with Gasteiger partial charge in [-0.1, -0.05) is 13.8 Å². The molecule has 1 atom stereocenters. The molecule has 19 heavy (non-hydrogen) atoms. The van der Waals surface area contributed by atoms with Gasteiger partial charge in [0.1, 0.15) is 0 Å². The maximum atomic E-state index is 12.0. The molecule has 0 saturated heterocycles. The molecule has 1 aliphatic rings. The molecule has 3 heteroatoms. The summed E-state index contributed by atoms with van der Waals surface area (Å²) in [4.78, 5) is 12.0. The number of hydrogen-bond donors (Lipinski definition) is 2. The summed E-state index contributed by atoms with van der Waals surface area (Å²) in [6, 6.07) is 0.315. The third kappa shape index (κ3) is 6.95. The van der Waals surface area contributed by atoms with Crippen LogP contribution in [0.5, 0.6) is 0 Å². The summed E-state index contributed by atoms with van der Waals surface area (Å²) in [5.41, 5.74) is 5.69. The predicted octanol–water partition coefficient (Wildman–Crippen LogP) is 3.08. The Labute approximate surface area is 118 Å². The minimum atomic E-state index is 0.243. The number of carbonyl (C=O) groups is 1. The van der Waals surface area contributed by atoms with E-state index >= 15 is 0 Å². The summed E-state index contributed by atoms with van der Waals surface area (Å²) < 4.78 is 0. The summed E-state index contributed by atoms with van der Waals surface area (Å²) in [6.07, 6.45) is 7.75. The zero-order valence-corrected chi connectivity index (χ0v) is 13.0. The number of hydrogen-bond acceptors (Lipinski definition) is 2. The molecule has 0 spiro atoms. The lowest BCUT2D eigenvalue weighted by Crippen LogP contribution is -2.34. The molecule has 1 fully saturated rings. The second kappa shape index (κ2) is 8.57. The number of rotatable bonds is 7. The lowest BCUT2D eigenvalue weighted by molar-refractivity contribution is -0.123. The van der Waals surface area contributed by atoms with Crippen LogP contribution in [0.15, 0.2) is 0 Å². The van der Waals surface area contributed by atoms with Gasteiger partial charge in [0.2, 0.25) is 5.91 Å². The zero-order chi connectivity index (χ0) is 14.3. The third-order valence-corrected chi connectivity index (χ3v) is 4.36. The van der Waals surface area contributed by atoms with Crippen molar-refractivity contribution in [2.45, 2.75) is 71.8 Å². The van der Waals surface area contributed by atoms with Crippen LogP contribution in [0.3, 0.4) is 0 Å². The van der Waals surface area contributed by atoms with E-state index in [-0.39, 0.29) is 5.91 Å². The highest BCUT2D eigenvalue weighted by Crippen LogP contribution is 2.30. The molecule has 0 aromatic heterocycles. The first-order valence-electron chi connectivity index (χ1n) is 8.00. The normalized spacial score (nSPS) is 25.3. The fourth-order valence-corrected chi connectivity index (χ4v) is 2.92. The van der Waals surface area contributed by atoms with E-state index in [2.05, 4.69) is 26.1 Å². The SMILES string of the molecule is CC(C)CCC(C)NC(=O)CC1CCC(CN)CC1. The van der Waals surface area contributed by atoms with Crippen LogP contribution in [0.4, 0.5) is 0 Å². The Balaban J connectivity index is 2.17. The van der Waals surface area contributed by atoms with Crippen LogP contribution in [0.1, 0.15) is 65.7 Å². The van der Waals surface area contributed by atoms with Crippen molar-refractivity contribution in [3.8, 4) is 0 Å². The fraction of sp³-hybridized carbons (Fsp3) is 0.938. The lowest BCUT2D eigenvalue weighted by Gasteiger charge is -2.27. The molecule has 0 aromatic rings. The van der Waals surface area contributed by atoms with Gasteiger partial charge in [-0.05, 0) is 69.7 Å². The highest BCUT2D eigenvalue weighted by Gasteiger charge is 2.22. The molecule has 3 nitrogen and oxygen atoms in total. The molecule has 0 heterocycles. The van der Waals surface area contributed by atoms with Crippen LogP contribution in [0.2, 0.25) is 0 Å². The molecule has 0 radical (unpaired) electrons. The Morgan fingerprint density at radius 1 is 1.11 bits per heavy atom. The standard InChI is InChI=1S/C16H32N2O/c1-12(2)4-5-13(3)18-16(19)10-14-6-8-15(11-17)9-7-14/h12-15H,4-11,17H2,1-3H3,(H,18,19). The van der Waals surface area contributed by atoms with Crippen LogP contribution < -0.4 is 11.1 Å². The minimum absolute atomic E-state index is 0.243. The summed E-state index contributed by atoms with van der Waals surface area (Å²) in [7, 11) is 0. The van der Waals surface area contributed by atoms with Gasteiger partial charge in [-0.3, -0.25) is 4.79 Å². The fourth-order valence-electron chi connectivity index (χ4n) is 2.92. The monoisotopic (exact) mass is 268 g/mol. The average molecular weight is 268 g/mol. The van der Waals surface area contributed by atoms with Crippen molar-refractivity contribution in [2.24, 2.45) is 23.5 Å². The molecule has 1 amide bonds. The molecule has 0 aromatic carbocycles. The lowest BCUT2D eigenvalue weighted by atomic mass is 9.80. The zero-order valence-electron chi connectivity index (χ0n) is 13.0. The van der Waals surface area contributed by atoms with E-state index in [9.17, 15) is 4.79 Å². The summed E-state index contributed by atoms with van der Waals surface area (Å²) in [5.74, 6) is 2.24. The number of amides is 1. The van der Waals surface area contributed by atoms with Crippen LogP contribution in [0.25, 0.3) is 0 Å². The molecule has 1 unspecified atom stereocenters. The van der Waals surface area contributed by atoms with Crippen molar-refractivity contribution in [2.75, 3.05) is 6.54 Å². The quantitative estimate of drug-likeness (QED) is 0.745. The van der Waals surface area contributed by atoms with Crippen molar-refractivity contribution in [1.29, 1.82) is 0 Å². The van der Waals surface area contributed by atoms with Gasteiger partial charge in [-0.15, -0.1) is 0 Å². The molecular formula is C16H32N2O. The maximum absolute atomic E-state index is 12.0. The average Bonchev–Trinajstić information content (AvgIpc) is 2.37. The van der Waals surface area contributed by atoms with Crippen LogP contribution >= 0.6 is 0 Å². The first-order valence-corrected chi connectivity index (χ1v) is 8.00. The molecule has 112 valence electrons. The summed E-state index contributed by atoms with van der Waals surface area (Å²) in [6.45, 7) is 7.38. The van der Waals surface area contributed by atoms with E-state index in [1.807, 2.05) is 0 Å². The minimum Gasteiger partial charge on any atom is -0.354 e. The first kappa shape index (κ1) is 16.5. The van der Waals surface area contributed by atoms with Gasteiger partial charge in [0.05, 0.1) is 0 Å². The Kier molecular flexibility index (Phi) is 7.44. The van der Waals surface area contributed by atoms with E-state index in [0.29, 0.717) is 30.2 Å². The molecule has 1 rings (SSSR count). The largest absolute Gasteiger partial charge is 0.354 e. The van der Waals surface area contributed by atoms with Gasteiger partial charge in [-0.2, -0.15) is 0 Å². The Hall–Kier alpha value is -0.570. The van der Waals surface area contributed by atoms with Crippen LogP contribution in [0, 0.1) is 17.8 Å². The summed E-state index contributed by atoms with van der Waals surface area (Å²) >= 11 is 0. The van der Waals surface area contributed by atoms with Crippen LogP contribution in [-0.4, -0.2) is 18.5 Å². The maximum Gasteiger partial charge on any atom is 0.220 e. The van der Waals surface area contributed by atoms with Crippen molar-refractivity contribution in [3.63, 3.8) is 0 Å². The van der Waals surface area contributed by atoms with Gasteiger partial charge in [0, 0.05) is 12.5 Å². The number of nitrogens with two attached hydrogens (primary N) is 1. The van der Waals surface area contributed by atoms with E-state index in [1.165, 1.54) is 32.1 Å². The predicted molar refractivity (Wildman–Crippen MR) is 80.8 cm³/mol. The number of carbonyl (C=O) groups excluding carboxylic acids is 1. The van der Waals surface area contributed by atoms with Crippen molar-refractivity contribution < 1.29 is 4.79 Å². The van der Waals surface area contributed by atoms with Crippen molar-refractivity contribution in [1.82, 2.24) is 5.32 Å². The van der Waals surface area contributed by atoms with Crippen molar-refractivity contribution in [3.05, 3.63) is 0 Å². The van der Waals surface area contributed by atoms with Gasteiger partial charge in [0.25, 0.3) is 0 Å². The Bertz CT molecular complexity index is 257.